The van der Waals surface area contributed by atoms with E-state index in [2.05, 4.69) is 0 Å². The maximum atomic E-state index is 14.3. The fourth-order valence-electron chi connectivity index (χ4n) is 3.30. The third-order valence-electron chi connectivity index (χ3n) is 4.75. The zero-order valence-corrected chi connectivity index (χ0v) is 15.1. The number of halogens is 3. The van der Waals surface area contributed by atoms with Gasteiger partial charge in [0.15, 0.2) is 11.3 Å². The van der Waals surface area contributed by atoms with E-state index in [0.29, 0.717) is 5.56 Å². The third kappa shape index (κ3) is 3.02. The van der Waals surface area contributed by atoms with Gasteiger partial charge in [0, 0.05) is 11.1 Å². The molecule has 1 aliphatic heterocycles. The SMILES string of the molecule is CC1=C(C#N)C(=C(C#N)C#N)OC1(c1ccc(-c2ccccc2)cc1)C(F)(F)F. The molecule has 7 heteroatoms. The van der Waals surface area contributed by atoms with Gasteiger partial charge in [0.05, 0.1) is 5.57 Å². The molecule has 0 amide bonds. The van der Waals surface area contributed by atoms with Gasteiger partial charge in [-0.25, -0.2) is 0 Å². The summed E-state index contributed by atoms with van der Waals surface area (Å²) in [6.45, 7) is 1.12. The number of alkyl halides is 3. The molecule has 4 nitrogen and oxygen atoms in total. The quantitative estimate of drug-likeness (QED) is 0.652. The molecule has 2 aromatic carbocycles. The molecule has 29 heavy (non-hydrogen) atoms. The fraction of sp³-hybridized carbons (Fsp3) is 0.136. The van der Waals surface area contributed by atoms with Crippen LogP contribution in [0.3, 0.4) is 0 Å². The summed E-state index contributed by atoms with van der Waals surface area (Å²) in [7, 11) is 0. The minimum atomic E-state index is -4.94. The number of nitrogens with zero attached hydrogens (tertiary/aromatic N) is 3. The van der Waals surface area contributed by atoms with Gasteiger partial charge in [-0.3, -0.25) is 0 Å². The van der Waals surface area contributed by atoms with Crippen molar-refractivity contribution in [1.29, 1.82) is 15.8 Å². The molecule has 0 saturated carbocycles. The summed E-state index contributed by atoms with van der Waals surface area (Å²) in [5.74, 6) is -0.653. The summed E-state index contributed by atoms with van der Waals surface area (Å²) < 4.78 is 48.0. The van der Waals surface area contributed by atoms with Crippen molar-refractivity contribution < 1.29 is 17.9 Å². The van der Waals surface area contributed by atoms with E-state index in [1.807, 2.05) is 30.3 Å². The minimum Gasteiger partial charge on any atom is -0.465 e. The first-order valence-corrected chi connectivity index (χ1v) is 8.38. The lowest BCUT2D eigenvalue weighted by Crippen LogP contribution is -2.43. The Balaban J connectivity index is 2.22. The molecule has 1 unspecified atom stereocenters. The number of ether oxygens (including phenoxy) is 1. The van der Waals surface area contributed by atoms with E-state index in [4.69, 9.17) is 15.3 Å². The minimum absolute atomic E-state index is 0.250. The highest BCUT2D eigenvalue weighted by Gasteiger charge is 2.64. The maximum Gasteiger partial charge on any atom is 0.436 e. The summed E-state index contributed by atoms with van der Waals surface area (Å²) >= 11 is 0. The van der Waals surface area contributed by atoms with E-state index in [0.717, 1.165) is 12.5 Å². The molecule has 0 bridgehead atoms. The molecular formula is C22H12F3N3O. The number of nitriles is 3. The Hall–Kier alpha value is -4.02. The van der Waals surface area contributed by atoms with E-state index in [1.165, 1.54) is 36.4 Å². The molecule has 0 saturated heterocycles. The second-order valence-corrected chi connectivity index (χ2v) is 6.26. The lowest BCUT2D eigenvalue weighted by molar-refractivity contribution is -0.250. The number of hydrogen-bond acceptors (Lipinski definition) is 4. The van der Waals surface area contributed by atoms with Crippen LogP contribution in [0.5, 0.6) is 0 Å². The number of benzene rings is 2. The van der Waals surface area contributed by atoms with E-state index >= 15 is 0 Å². The van der Waals surface area contributed by atoms with Crippen molar-refractivity contribution >= 4 is 0 Å². The summed E-state index contributed by atoms with van der Waals surface area (Å²) in [6, 6.07) is 19.3. The number of allylic oxidation sites excluding steroid dienone is 2. The van der Waals surface area contributed by atoms with Crippen LogP contribution in [0.2, 0.25) is 0 Å². The summed E-state index contributed by atoms with van der Waals surface area (Å²) in [5, 5.41) is 27.5. The summed E-state index contributed by atoms with van der Waals surface area (Å²) in [5.41, 5.74) is -3.24. The molecule has 1 heterocycles. The van der Waals surface area contributed by atoms with Crippen molar-refractivity contribution in [3.05, 3.63) is 82.6 Å². The first-order chi connectivity index (χ1) is 13.8. The van der Waals surface area contributed by atoms with Crippen molar-refractivity contribution in [3.63, 3.8) is 0 Å². The molecule has 0 fully saturated rings. The Bertz CT molecular complexity index is 1130. The van der Waals surface area contributed by atoms with E-state index in [-0.39, 0.29) is 5.56 Å². The van der Waals surface area contributed by atoms with Crippen LogP contribution in [0.15, 0.2) is 77.1 Å². The highest BCUT2D eigenvalue weighted by Crippen LogP contribution is 2.55. The van der Waals surface area contributed by atoms with E-state index in [1.54, 1.807) is 6.07 Å². The molecule has 0 aliphatic carbocycles. The molecule has 2 aromatic rings. The average molecular weight is 391 g/mol. The van der Waals surface area contributed by atoms with Crippen LogP contribution >= 0.6 is 0 Å². The highest BCUT2D eigenvalue weighted by molar-refractivity contribution is 5.65. The first kappa shape index (κ1) is 19.7. The normalized spacial score (nSPS) is 18.4. The Morgan fingerprint density at radius 3 is 1.93 bits per heavy atom. The topological polar surface area (TPSA) is 80.6 Å². The van der Waals surface area contributed by atoms with Crippen LogP contribution in [0.1, 0.15) is 12.5 Å². The Morgan fingerprint density at radius 1 is 0.897 bits per heavy atom. The molecule has 1 aliphatic rings. The molecule has 142 valence electrons. The Labute approximate surface area is 165 Å². The zero-order valence-electron chi connectivity index (χ0n) is 15.1. The maximum absolute atomic E-state index is 14.3. The zero-order chi connectivity index (χ0) is 21.2. The lowest BCUT2D eigenvalue weighted by Gasteiger charge is -2.33. The molecule has 0 radical (unpaired) electrons. The molecule has 0 spiro atoms. The molecule has 1 atom stereocenters. The second-order valence-electron chi connectivity index (χ2n) is 6.26. The van der Waals surface area contributed by atoms with Gasteiger partial charge >= 0.3 is 6.18 Å². The summed E-state index contributed by atoms with van der Waals surface area (Å²) in [4.78, 5) is 0. The van der Waals surface area contributed by atoms with Crippen LogP contribution in [0, 0.1) is 34.0 Å². The van der Waals surface area contributed by atoms with Gasteiger partial charge in [-0.2, -0.15) is 29.0 Å². The van der Waals surface area contributed by atoms with Gasteiger partial charge in [-0.05, 0) is 18.1 Å². The lowest BCUT2D eigenvalue weighted by atomic mass is 9.84. The third-order valence-corrected chi connectivity index (χ3v) is 4.75. The standard InChI is InChI=1S/C22H12F3N3O/c1-14-19(13-28)20(17(11-26)12-27)29-21(14,22(23,24)25)18-9-7-16(8-10-18)15-5-3-2-4-6-15/h2-10H,1H3. The number of hydrogen-bond donors (Lipinski definition) is 0. The summed E-state index contributed by atoms with van der Waals surface area (Å²) in [6.07, 6.45) is -4.94. The van der Waals surface area contributed by atoms with Crippen LogP contribution in [-0.4, -0.2) is 6.18 Å². The monoisotopic (exact) mass is 391 g/mol. The average Bonchev–Trinajstić information content (AvgIpc) is 3.03. The van der Waals surface area contributed by atoms with Gasteiger partial charge in [-0.1, -0.05) is 54.6 Å². The van der Waals surface area contributed by atoms with Gasteiger partial charge in [0.25, 0.3) is 5.60 Å². The molecule has 3 rings (SSSR count). The second kappa shape index (κ2) is 7.19. The van der Waals surface area contributed by atoms with Crippen molar-refractivity contribution in [2.24, 2.45) is 0 Å². The fourth-order valence-corrected chi connectivity index (χ4v) is 3.30. The predicted molar refractivity (Wildman–Crippen MR) is 97.3 cm³/mol. The Morgan fingerprint density at radius 2 is 1.45 bits per heavy atom. The van der Waals surface area contributed by atoms with Crippen LogP contribution in [0.25, 0.3) is 11.1 Å². The van der Waals surface area contributed by atoms with E-state index in [9.17, 15) is 18.4 Å². The molecule has 0 aromatic heterocycles. The van der Waals surface area contributed by atoms with Crippen LogP contribution < -0.4 is 0 Å². The Kier molecular flexibility index (Phi) is 4.89. The largest absolute Gasteiger partial charge is 0.465 e. The smallest absolute Gasteiger partial charge is 0.436 e. The molecule has 0 N–H and O–H groups in total. The van der Waals surface area contributed by atoms with Crippen molar-refractivity contribution in [2.45, 2.75) is 18.7 Å². The predicted octanol–water partition coefficient (Wildman–Crippen LogP) is 5.28. The van der Waals surface area contributed by atoms with Crippen molar-refractivity contribution in [1.82, 2.24) is 0 Å². The van der Waals surface area contributed by atoms with Crippen LogP contribution in [-0.2, 0) is 10.3 Å². The van der Waals surface area contributed by atoms with Gasteiger partial charge < -0.3 is 4.74 Å². The van der Waals surface area contributed by atoms with Gasteiger partial charge in [0.1, 0.15) is 18.2 Å². The van der Waals surface area contributed by atoms with Crippen molar-refractivity contribution in [3.8, 4) is 29.3 Å². The van der Waals surface area contributed by atoms with Gasteiger partial charge in [0.2, 0.25) is 0 Å². The highest BCUT2D eigenvalue weighted by atomic mass is 19.4. The van der Waals surface area contributed by atoms with Gasteiger partial charge in [-0.15, -0.1) is 0 Å². The first-order valence-electron chi connectivity index (χ1n) is 8.38. The molecular weight excluding hydrogens is 379 g/mol. The van der Waals surface area contributed by atoms with Crippen LogP contribution in [0.4, 0.5) is 13.2 Å². The van der Waals surface area contributed by atoms with Crippen molar-refractivity contribution in [2.75, 3.05) is 0 Å². The number of rotatable bonds is 2. The van der Waals surface area contributed by atoms with E-state index < -0.39 is 34.3 Å².